The minimum absolute atomic E-state index is 0.153. The molecule has 0 unspecified atom stereocenters. The monoisotopic (exact) mass is 263 g/mol. The van der Waals surface area contributed by atoms with Crippen LogP contribution in [-0.2, 0) is 17.7 Å². The maximum atomic E-state index is 11.8. The molecule has 0 radical (unpaired) electrons. The van der Waals surface area contributed by atoms with Gasteiger partial charge >= 0.3 is 12.1 Å². The molecule has 0 fully saturated rings. The maximum Gasteiger partial charge on any atom is 0.410 e. The lowest BCUT2D eigenvalue weighted by Crippen LogP contribution is -2.37. The molecule has 0 aromatic heterocycles. The molecule has 5 nitrogen and oxygen atoms in total. The van der Waals surface area contributed by atoms with Crippen molar-refractivity contribution in [3.05, 3.63) is 34.9 Å². The van der Waals surface area contributed by atoms with Crippen molar-refractivity contribution in [1.29, 1.82) is 0 Å². The van der Waals surface area contributed by atoms with Crippen LogP contribution in [0.4, 0.5) is 4.79 Å². The fourth-order valence-electron chi connectivity index (χ4n) is 2.12. The van der Waals surface area contributed by atoms with Crippen LogP contribution >= 0.6 is 0 Å². The Bertz CT molecular complexity index is 510. The van der Waals surface area contributed by atoms with E-state index in [2.05, 4.69) is 0 Å². The molecule has 19 heavy (non-hydrogen) atoms. The smallest absolute Gasteiger partial charge is 0.410 e. The molecule has 0 bridgehead atoms. The molecule has 0 aliphatic carbocycles. The number of hydrogen-bond donors (Lipinski definition) is 1. The van der Waals surface area contributed by atoms with Gasteiger partial charge in [0.25, 0.3) is 0 Å². The summed E-state index contributed by atoms with van der Waals surface area (Å²) in [6.07, 6.45) is 0.225. The zero-order chi connectivity index (χ0) is 14.0. The minimum atomic E-state index is -0.954. The highest BCUT2D eigenvalue weighted by Crippen LogP contribution is 2.21. The summed E-state index contributed by atoms with van der Waals surface area (Å²) in [5, 5.41) is 8.98. The summed E-state index contributed by atoms with van der Waals surface area (Å²) in [6, 6.07) is 5.06. The molecule has 1 N–H and O–H groups in total. The van der Waals surface area contributed by atoms with Gasteiger partial charge in [0.2, 0.25) is 0 Å². The lowest BCUT2D eigenvalue weighted by atomic mass is 9.97. The summed E-state index contributed by atoms with van der Waals surface area (Å²) < 4.78 is 5.15. The summed E-state index contributed by atoms with van der Waals surface area (Å²) in [5.41, 5.74) is 2.23. The van der Waals surface area contributed by atoms with E-state index < -0.39 is 5.97 Å². The SMILES string of the molecule is CC(C)OC(=O)N1CCc2ccc(C(=O)O)cc2C1. The van der Waals surface area contributed by atoms with Crippen molar-refractivity contribution in [2.24, 2.45) is 0 Å². The first-order valence-corrected chi connectivity index (χ1v) is 6.28. The van der Waals surface area contributed by atoms with E-state index in [-0.39, 0.29) is 17.8 Å². The lowest BCUT2D eigenvalue weighted by molar-refractivity contribution is 0.0696. The van der Waals surface area contributed by atoms with E-state index in [4.69, 9.17) is 9.84 Å². The van der Waals surface area contributed by atoms with Gasteiger partial charge in [-0.3, -0.25) is 0 Å². The molecule has 0 atom stereocenters. The third-order valence-corrected chi connectivity index (χ3v) is 3.06. The Morgan fingerprint density at radius 3 is 2.68 bits per heavy atom. The Morgan fingerprint density at radius 1 is 1.32 bits per heavy atom. The van der Waals surface area contributed by atoms with Gasteiger partial charge in [-0.15, -0.1) is 0 Å². The normalized spacial score (nSPS) is 14.2. The van der Waals surface area contributed by atoms with Gasteiger partial charge in [0.1, 0.15) is 0 Å². The van der Waals surface area contributed by atoms with Crippen molar-refractivity contribution in [3.8, 4) is 0 Å². The maximum absolute atomic E-state index is 11.8. The Hall–Kier alpha value is -2.04. The molecule has 0 saturated heterocycles. The van der Waals surface area contributed by atoms with Gasteiger partial charge in [0, 0.05) is 13.1 Å². The second kappa shape index (κ2) is 5.30. The number of ether oxygens (including phenoxy) is 1. The standard InChI is InChI=1S/C14H17NO4/c1-9(2)19-14(18)15-6-5-10-3-4-11(13(16)17)7-12(10)8-15/h3-4,7,9H,5-6,8H2,1-2H3,(H,16,17). The molecule has 2 rings (SSSR count). The van der Waals surface area contributed by atoms with Gasteiger partial charge in [-0.05, 0) is 43.5 Å². The number of carbonyl (C=O) groups is 2. The summed E-state index contributed by atoms with van der Waals surface area (Å²) in [6.45, 7) is 4.61. The largest absolute Gasteiger partial charge is 0.478 e. The molecule has 102 valence electrons. The van der Waals surface area contributed by atoms with Gasteiger partial charge in [-0.25, -0.2) is 9.59 Å². The highest BCUT2D eigenvalue weighted by molar-refractivity contribution is 5.88. The predicted molar refractivity (Wildman–Crippen MR) is 69.1 cm³/mol. The number of fused-ring (bicyclic) bond motifs is 1. The Labute approximate surface area is 111 Å². The van der Waals surface area contributed by atoms with Crippen molar-refractivity contribution < 1.29 is 19.4 Å². The quantitative estimate of drug-likeness (QED) is 0.889. The second-order valence-electron chi connectivity index (χ2n) is 4.89. The van der Waals surface area contributed by atoms with Gasteiger partial charge in [-0.1, -0.05) is 6.07 Å². The van der Waals surface area contributed by atoms with Gasteiger partial charge in [0.15, 0.2) is 0 Å². The highest BCUT2D eigenvalue weighted by Gasteiger charge is 2.23. The molecule has 1 aliphatic heterocycles. The summed E-state index contributed by atoms with van der Waals surface area (Å²) in [5.74, 6) is -0.954. The number of nitrogens with zero attached hydrogens (tertiary/aromatic N) is 1. The molecule has 0 spiro atoms. The number of carboxylic acids is 1. The molecule has 1 amide bonds. The summed E-state index contributed by atoms with van der Waals surface area (Å²) >= 11 is 0. The highest BCUT2D eigenvalue weighted by atomic mass is 16.6. The third-order valence-electron chi connectivity index (χ3n) is 3.06. The first-order valence-electron chi connectivity index (χ1n) is 6.28. The van der Waals surface area contributed by atoms with Crippen molar-refractivity contribution >= 4 is 12.1 Å². The average Bonchev–Trinajstić information content (AvgIpc) is 2.36. The number of rotatable bonds is 2. The number of hydrogen-bond acceptors (Lipinski definition) is 3. The van der Waals surface area contributed by atoms with Crippen molar-refractivity contribution in [3.63, 3.8) is 0 Å². The molecule has 5 heteroatoms. The van der Waals surface area contributed by atoms with Gasteiger partial charge in [0.05, 0.1) is 11.7 Å². The third kappa shape index (κ3) is 3.05. The summed E-state index contributed by atoms with van der Waals surface area (Å²) in [4.78, 5) is 24.4. The predicted octanol–water partition coefficient (Wildman–Crippen LogP) is 2.29. The van der Waals surface area contributed by atoms with Crippen molar-refractivity contribution in [2.45, 2.75) is 32.9 Å². The van der Waals surface area contributed by atoms with Crippen LogP contribution in [0.25, 0.3) is 0 Å². The van der Waals surface area contributed by atoms with Crippen LogP contribution < -0.4 is 0 Å². The molecular weight excluding hydrogens is 246 g/mol. The van der Waals surface area contributed by atoms with E-state index in [1.54, 1.807) is 30.9 Å². The first-order chi connectivity index (χ1) is 8.97. The topological polar surface area (TPSA) is 66.8 Å². The van der Waals surface area contributed by atoms with E-state index in [1.807, 2.05) is 6.07 Å². The van der Waals surface area contributed by atoms with E-state index in [0.717, 1.165) is 17.5 Å². The molecule has 0 saturated carbocycles. The van der Waals surface area contributed by atoms with Crippen LogP contribution in [-0.4, -0.2) is 34.7 Å². The number of carbonyl (C=O) groups excluding carboxylic acids is 1. The Kier molecular flexibility index (Phi) is 3.74. The molecule has 1 heterocycles. The Balaban J connectivity index is 2.16. The fourth-order valence-corrected chi connectivity index (χ4v) is 2.12. The first kappa shape index (κ1) is 13.4. The van der Waals surface area contributed by atoms with Gasteiger partial charge in [-0.2, -0.15) is 0 Å². The van der Waals surface area contributed by atoms with Crippen molar-refractivity contribution in [1.82, 2.24) is 4.90 Å². The number of aromatic carboxylic acids is 1. The molecule has 1 aromatic rings. The molecule has 1 aliphatic rings. The zero-order valence-corrected chi connectivity index (χ0v) is 11.0. The van der Waals surface area contributed by atoms with Crippen LogP contribution in [0.1, 0.15) is 35.3 Å². The van der Waals surface area contributed by atoms with Crippen LogP contribution in [0, 0.1) is 0 Å². The van der Waals surface area contributed by atoms with Crippen molar-refractivity contribution in [2.75, 3.05) is 6.54 Å². The second-order valence-corrected chi connectivity index (χ2v) is 4.89. The van der Waals surface area contributed by atoms with E-state index >= 15 is 0 Å². The lowest BCUT2D eigenvalue weighted by Gasteiger charge is -2.29. The van der Waals surface area contributed by atoms with Gasteiger partial charge < -0.3 is 14.7 Å². The van der Waals surface area contributed by atoms with Crippen LogP contribution in [0.2, 0.25) is 0 Å². The van der Waals surface area contributed by atoms with Crippen LogP contribution in [0.5, 0.6) is 0 Å². The number of benzene rings is 1. The Morgan fingerprint density at radius 2 is 2.05 bits per heavy atom. The number of carboxylic acid groups (broad SMARTS) is 1. The molecule has 1 aromatic carbocycles. The van der Waals surface area contributed by atoms with Crippen LogP contribution in [0.3, 0.4) is 0 Å². The summed E-state index contributed by atoms with van der Waals surface area (Å²) in [7, 11) is 0. The minimum Gasteiger partial charge on any atom is -0.478 e. The van der Waals surface area contributed by atoms with E-state index in [1.165, 1.54) is 0 Å². The fraction of sp³-hybridized carbons (Fsp3) is 0.429. The van der Waals surface area contributed by atoms with E-state index in [9.17, 15) is 9.59 Å². The molecular formula is C14H17NO4. The zero-order valence-electron chi connectivity index (χ0n) is 11.0. The van der Waals surface area contributed by atoms with E-state index in [0.29, 0.717) is 13.1 Å². The van der Waals surface area contributed by atoms with Crippen LogP contribution in [0.15, 0.2) is 18.2 Å². The average molecular weight is 263 g/mol. The number of amides is 1.